The average molecular weight is 282 g/mol. The fraction of sp³-hybridized carbons (Fsp3) is 0.714. The minimum Gasteiger partial charge on any atom is -0.0591 e. The van der Waals surface area contributed by atoms with Crippen molar-refractivity contribution in [3.05, 3.63) is 34.4 Å². The van der Waals surface area contributed by atoms with Crippen molar-refractivity contribution in [3.63, 3.8) is 0 Å². The summed E-state index contributed by atoms with van der Waals surface area (Å²) in [5, 5.41) is 0. The minimum absolute atomic E-state index is 0.650. The van der Waals surface area contributed by atoms with Gasteiger partial charge in [0.2, 0.25) is 0 Å². The average Bonchev–Trinajstić information content (AvgIpc) is 2.50. The molecule has 0 N–H and O–H groups in total. The van der Waals surface area contributed by atoms with Crippen molar-refractivity contribution >= 4 is 0 Å². The minimum atomic E-state index is 0.650. The summed E-state index contributed by atoms with van der Waals surface area (Å²) >= 11 is 0. The van der Waals surface area contributed by atoms with Gasteiger partial charge in [-0.3, -0.25) is 0 Å². The van der Waals surface area contributed by atoms with Crippen molar-refractivity contribution in [1.29, 1.82) is 0 Å². The SMILES string of the molecule is Cc1ccc2c(c1C)CC[C@@H]1[C@@H]2CC[C@H]2CCCC[C@@]21C. The molecule has 114 valence electrons. The molecule has 0 bridgehead atoms. The molecule has 3 aliphatic rings. The van der Waals surface area contributed by atoms with E-state index in [0.29, 0.717) is 5.41 Å². The van der Waals surface area contributed by atoms with Crippen molar-refractivity contribution in [3.8, 4) is 0 Å². The Kier molecular flexibility index (Phi) is 3.21. The van der Waals surface area contributed by atoms with Crippen LogP contribution >= 0.6 is 0 Å². The van der Waals surface area contributed by atoms with Crippen LogP contribution in [0.2, 0.25) is 0 Å². The van der Waals surface area contributed by atoms with Gasteiger partial charge in [-0.25, -0.2) is 0 Å². The second-order valence-electron chi connectivity index (χ2n) is 8.35. The Morgan fingerprint density at radius 2 is 1.86 bits per heavy atom. The van der Waals surface area contributed by atoms with Gasteiger partial charge in [0, 0.05) is 0 Å². The molecular weight excluding hydrogens is 252 g/mol. The van der Waals surface area contributed by atoms with Gasteiger partial charge in [0.25, 0.3) is 0 Å². The maximum absolute atomic E-state index is 2.65. The highest BCUT2D eigenvalue weighted by Gasteiger charge is 2.50. The number of aryl methyl sites for hydroxylation is 1. The van der Waals surface area contributed by atoms with Gasteiger partial charge in [-0.05, 0) is 97.8 Å². The van der Waals surface area contributed by atoms with Crippen LogP contribution < -0.4 is 0 Å². The molecule has 1 aromatic rings. The molecule has 4 rings (SSSR count). The molecule has 0 radical (unpaired) electrons. The van der Waals surface area contributed by atoms with E-state index in [1.807, 2.05) is 0 Å². The van der Waals surface area contributed by atoms with Gasteiger partial charge in [0.15, 0.2) is 0 Å². The topological polar surface area (TPSA) is 0 Å². The molecule has 0 spiro atoms. The van der Waals surface area contributed by atoms with Crippen LogP contribution in [0.15, 0.2) is 12.1 Å². The van der Waals surface area contributed by atoms with Crippen molar-refractivity contribution in [2.24, 2.45) is 17.3 Å². The van der Waals surface area contributed by atoms with Crippen molar-refractivity contribution in [1.82, 2.24) is 0 Å². The number of fused-ring (bicyclic) bond motifs is 5. The number of hydrogen-bond acceptors (Lipinski definition) is 0. The van der Waals surface area contributed by atoms with Crippen molar-refractivity contribution < 1.29 is 0 Å². The molecule has 0 unspecified atom stereocenters. The molecule has 1 aromatic carbocycles. The molecule has 4 atom stereocenters. The summed E-state index contributed by atoms with van der Waals surface area (Å²) in [6, 6.07) is 4.87. The summed E-state index contributed by atoms with van der Waals surface area (Å²) < 4.78 is 0. The third kappa shape index (κ3) is 1.94. The third-order valence-corrected chi connectivity index (χ3v) is 7.62. The van der Waals surface area contributed by atoms with Gasteiger partial charge in [-0.2, -0.15) is 0 Å². The first-order valence-electron chi connectivity index (χ1n) is 9.20. The van der Waals surface area contributed by atoms with Gasteiger partial charge in [0.05, 0.1) is 0 Å². The first-order valence-corrected chi connectivity index (χ1v) is 9.20. The van der Waals surface area contributed by atoms with E-state index in [1.54, 1.807) is 16.7 Å². The maximum atomic E-state index is 2.65. The number of rotatable bonds is 0. The Bertz CT molecular complexity index is 555. The van der Waals surface area contributed by atoms with Crippen LogP contribution in [0.5, 0.6) is 0 Å². The van der Waals surface area contributed by atoms with E-state index in [1.165, 1.54) is 56.9 Å². The zero-order chi connectivity index (χ0) is 14.6. The summed E-state index contributed by atoms with van der Waals surface area (Å²) in [7, 11) is 0. The standard InChI is InChI=1S/C21H30/c1-14-7-9-18-17(15(14)2)11-12-20-19(18)10-8-16-6-4-5-13-21(16,20)3/h7,9,16,19-20H,4-6,8,10-13H2,1-3H3/t16-,19-,20-,21+/m1/s1. The Labute approximate surface area is 130 Å². The Balaban J connectivity index is 1.75. The van der Waals surface area contributed by atoms with Crippen molar-refractivity contribution in [2.45, 2.75) is 78.1 Å². The molecule has 0 aromatic heterocycles. The normalized spacial score (nSPS) is 38.3. The molecule has 2 fully saturated rings. The van der Waals surface area contributed by atoms with Crippen LogP contribution in [-0.2, 0) is 6.42 Å². The molecule has 0 aliphatic heterocycles. The van der Waals surface area contributed by atoms with Gasteiger partial charge >= 0.3 is 0 Å². The van der Waals surface area contributed by atoms with Gasteiger partial charge in [-0.15, -0.1) is 0 Å². The van der Waals surface area contributed by atoms with Gasteiger partial charge in [0.1, 0.15) is 0 Å². The largest absolute Gasteiger partial charge is 0.0591 e. The van der Waals surface area contributed by atoms with Crippen LogP contribution in [-0.4, -0.2) is 0 Å². The van der Waals surface area contributed by atoms with Crippen LogP contribution in [0.1, 0.15) is 80.0 Å². The molecular formula is C21H30. The highest BCUT2D eigenvalue weighted by atomic mass is 14.5. The van der Waals surface area contributed by atoms with E-state index in [4.69, 9.17) is 0 Å². The van der Waals surface area contributed by atoms with E-state index in [9.17, 15) is 0 Å². The monoisotopic (exact) mass is 282 g/mol. The Morgan fingerprint density at radius 1 is 1.00 bits per heavy atom. The molecule has 2 saturated carbocycles. The van der Waals surface area contributed by atoms with E-state index >= 15 is 0 Å². The van der Waals surface area contributed by atoms with Crippen LogP contribution in [0.3, 0.4) is 0 Å². The molecule has 0 heteroatoms. The highest BCUT2D eigenvalue weighted by Crippen LogP contribution is 2.60. The molecule has 0 saturated heterocycles. The van der Waals surface area contributed by atoms with Crippen LogP contribution in [0.25, 0.3) is 0 Å². The molecule has 21 heavy (non-hydrogen) atoms. The van der Waals surface area contributed by atoms with Gasteiger partial charge in [-0.1, -0.05) is 31.9 Å². The lowest BCUT2D eigenvalue weighted by molar-refractivity contribution is -0.0204. The zero-order valence-electron chi connectivity index (χ0n) is 14.0. The smallest absolute Gasteiger partial charge is 0.0125 e. The predicted octanol–water partition coefficient (Wildman–Crippen LogP) is 5.94. The maximum Gasteiger partial charge on any atom is -0.0125 e. The first kappa shape index (κ1) is 13.9. The van der Waals surface area contributed by atoms with Crippen molar-refractivity contribution in [2.75, 3.05) is 0 Å². The second kappa shape index (κ2) is 4.86. The van der Waals surface area contributed by atoms with Crippen LogP contribution in [0.4, 0.5) is 0 Å². The highest BCUT2D eigenvalue weighted by molar-refractivity contribution is 5.44. The summed E-state index contributed by atoms with van der Waals surface area (Å²) in [4.78, 5) is 0. The predicted molar refractivity (Wildman–Crippen MR) is 89.8 cm³/mol. The number of hydrogen-bond donors (Lipinski definition) is 0. The third-order valence-electron chi connectivity index (χ3n) is 7.62. The summed E-state index contributed by atoms with van der Waals surface area (Å²) in [6.45, 7) is 7.28. The summed E-state index contributed by atoms with van der Waals surface area (Å²) in [6.07, 6.45) is 11.7. The van der Waals surface area contributed by atoms with E-state index in [-0.39, 0.29) is 0 Å². The fourth-order valence-electron chi connectivity index (χ4n) is 6.21. The molecule has 3 aliphatic carbocycles. The summed E-state index contributed by atoms with van der Waals surface area (Å²) in [5.41, 5.74) is 7.18. The zero-order valence-corrected chi connectivity index (χ0v) is 14.0. The number of benzene rings is 1. The quantitative estimate of drug-likeness (QED) is 0.552. The fourth-order valence-corrected chi connectivity index (χ4v) is 6.21. The lowest BCUT2D eigenvalue weighted by Gasteiger charge is -2.56. The summed E-state index contributed by atoms with van der Waals surface area (Å²) in [5.74, 6) is 2.86. The molecule has 0 heterocycles. The molecule has 0 amide bonds. The lowest BCUT2D eigenvalue weighted by atomic mass is 9.49. The van der Waals surface area contributed by atoms with E-state index in [2.05, 4.69) is 32.9 Å². The first-order chi connectivity index (χ1) is 10.1. The lowest BCUT2D eigenvalue weighted by Crippen LogP contribution is -2.46. The van der Waals surface area contributed by atoms with E-state index < -0.39 is 0 Å². The Morgan fingerprint density at radius 3 is 2.71 bits per heavy atom. The second-order valence-corrected chi connectivity index (χ2v) is 8.35. The van der Waals surface area contributed by atoms with E-state index in [0.717, 1.165) is 17.8 Å². The van der Waals surface area contributed by atoms with Crippen LogP contribution in [0, 0.1) is 31.1 Å². The Hall–Kier alpha value is -0.780. The molecule has 0 nitrogen and oxygen atoms in total. The van der Waals surface area contributed by atoms with Gasteiger partial charge < -0.3 is 0 Å².